The predicted octanol–water partition coefficient (Wildman–Crippen LogP) is 3.91. The fraction of sp³-hybridized carbons (Fsp3) is 0.300. The molecule has 2 rings (SSSR count). The lowest BCUT2D eigenvalue weighted by atomic mass is 10.1. The molecule has 2 aromatic rings. The highest BCUT2D eigenvalue weighted by atomic mass is 32.2. The summed E-state index contributed by atoms with van der Waals surface area (Å²) in [7, 11) is 1.57. The number of methoxy groups -OCH3 is 1. The van der Waals surface area contributed by atoms with Gasteiger partial charge in [0.2, 0.25) is 5.91 Å². The fourth-order valence-corrected chi connectivity index (χ4v) is 3.27. The van der Waals surface area contributed by atoms with Crippen LogP contribution < -0.4 is 15.4 Å². The van der Waals surface area contributed by atoms with Crippen LogP contribution in [-0.2, 0) is 4.79 Å². The highest BCUT2D eigenvalue weighted by molar-refractivity contribution is 7.98. The number of nitrogens with one attached hydrogen (secondary N) is 2. The van der Waals surface area contributed by atoms with Gasteiger partial charge in [0, 0.05) is 16.1 Å². The van der Waals surface area contributed by atoms with E-state index in [2.05, 4.69) is 10.6 Å². The van der Waals surface area contributed by atoms with Crippen LogP contribution in [0.25, 0.3) is 0 Å². The molecule has 0 radical (unpaired) electrons. The SMILES string of the molecule is COc1ccc(C(=O)N[C@H](CCSC)C(=O)Nc2ccc(SC)cc2)cc1. The Morgan fingerprint density at radius 3 is 2.26 bits per heavy atom. The van der Waals surface area contributed by atoms with Gasteiger partial charge in [-0.05, 0) is 73.2 Å². The van der Waals surface area contributed by atoms with Gasteiger partial charge in [-0.3, -0.25) is 9.59 Å². The monoisotopic (exact) mass is 404 g/mol. The molecule has 7 heteroatoms. The van der Waals surface area contributed by atoms with Gasteiger partial charge in [0.05, 0.1) is 7.11 Å². The van der Waals surface area contributed by atoms with E-state index in [1.165, 1.54) is 0 Å². The molecule has 0 saturated carbocycles. The van der Waals surface area contributed by atoms with E-state index >= 15 is 0 Å². The molecule has 0 heterocycles. The third kappa shape index (κ3) is 6.52. The van der Waals surface area contributed by atoms with Crippen molar-refractivity contribution in [2.24, 2.45) is 0 Å². The smallest absolute Gasteiger partial charge is 0.251 e. The summed E-state index contributed by atoms with van der Waals surface area (Å²) in [6, 6.07) is 13.8. The fourth-order valence-electron chi connectivity index (χ4n) is 2.39. The number of benzene rings is 2. The largest absolute Gasteiger partial charge is 0.497 e. The zero-order chi connectivity index (χ0) is 19.6. The van der Waals surface area contributed by atoms with Crippen molar-refractivity contribution in [2.75, 3.05) is 30.7 Å². The van der Waals surface area contributed by atoms with Crippen molar-refractivity contribution in [1.82, 2.24) is 5.32 Å². The summed E-state index contributed by atoms with van der Waals surface area (Å²) < 4.78 is 5.10. The molecule has 144 valence electrons. The van der Waals surface area contributed by atoms with Crippen LogP contribution >= 0.6 is 23.5 Å². The lowest BCUT2D eigenvalue weighted by Gasteiger charge is -2.18. The van der Waals surface area contributed by atoms with Crippen LogP contribution in [0.2, 0.25) is 0 Å². The first-order valence-corrected chi connectivity index (χ1v) is 11.1. The van der Waals surface area contributed by atoms with E-state index in [0.29, 0.717) is 23.4 Å². The standard InChI is InChI=1S/C20H24N2O3S2/c1-25-16-8-4-14(5-9-16)19(23)22-18(12-13-26-2)20(24)21-15-6-10-17(27-3)11-7-15/h4-11,18H,12-13H2,1-3H3,(H,21,24)(H,22,23)/t18-/m1/s1. The van der Waals surface area contributed by atoms with E-state index in [-0.39, 0.29) is 11.8 Å². The van der Waals surface area contributed by atoms with Crippen molar-refractivity contribution < 1.29 is 14.3 Å². The minimum absolute atomic E-state index is 0.220. The van der Waals surface area contributed by atoms with Gasteiger partial charge in [0.1, 0.15) is 11.8 Å². The third-order valence-electron chi connectivity index (χ3n) is 3.94. The topological polar surface area (TPSA) is 67.4 Å². The van der Waals surface area contributed by atoms with E-state index in [1.54, 1.807) is 54.9 Å². The van der Waals surface area contributed by atoms with Gasteiger partial charge < -0.3 is 15.4 Å². The number of carbonyl (C=O) groups excluding carboxylic acids is 2. The Labute approximate surface area is 168 Å². The maximum absolute atomic E-state index is 12.7. The molecule has 1 atom stereocenters. The number of amides is 2. The Morgan fingerprint density at radius 2 is 1.70 bits per heavy atom. The number of thioether (sulfide) groups is 2. The second-order valence-electron chi connectivity index (χ2n) is 5.75. The zero-order valence-electron chi connectivity index (χ0n) is 15.7. The van der Waals surface area contributed by atoms with E-state index in [1.807, 2.05) is 36.8 Å². The molecule has 0 unspecified atom stereocenters. The average Bonchev–Trinajstić information content (AvgIpc) is 2.71. The average molecular weight is 405 g/mol. The van der Waals surface area contributed by atoms with Gasteiger partial charge in [-0.1, -0.05) is 0 Å². The molecule has 0 aliphatic carbocycles. The highest BCUT2D eigenvalue weighted by Crippen LogP contribution is 2.18. The first-order valence-electron chi connectivity index (χ1n) is 8.46. The molecular formula is C20H24N2O3S2. The molecular weight excluding hydrogens is 380 g/mol. The normalized spacial score (nSPS) is 11.5. The number of hydrogen-bond donors (Lipinski definition) is 2. The molecule has 0 fully saturated rings. The van der Waals surface area contributed by atoms with Crippen LogP contribution in [0.15, 0.2) is 53.4 Å². The van der Waals surface area contributed by atoms with Gasteiger partial charge in [0.15, 0.2) is 0 Å². The van der Waals surface area contributed by atoms with Crippen molar-refractivity contribution >= 4 is 41.0 Å². The molecule has 0 aliphatic heterocycles. The van der Waals surface area contributed by atoms with Crippen molar-refractivity contribution in [1.29, 1.82) is 0 Å². The minimum atomic E-state index is -0.604. The molecule has 0 saturated heterocycles. The molecule has 2 N–H and O–H groups in total. The van der Waals surface area contributed by atoms with Crippen molar-refractivity contribution in [3.05, 3.63) is 54.1 Å². The number of hydrogen-bond acceptors (Lipinski definition) is 5. The van der Waals surface area contributed by atoms with Crippen molar-refractivity contribution in [3.63, 3.8) is 0 Å². The van der Waals surface area contributed by atoms with Gasteiger partial charge in [-0.2, -0.15) is 11.8 Å². The van der Waals surface area contributed by atoms with Gasteiger partial charge >= 0.3 is 0 Å². The Kier molecular flexibility index (Phi) is 8.54. The van der Waals surface area contributed by atoms with Crippen molar-refractivity contribution in [3.8, 4) is 5.75 Å². The highest BCUT2D eigenvalue weighted by Gasteiger charge is 2.21. The number of ether oxygens (including phenoxy) is 1. The summed E-state index contributed by atoms with van der Waals surface area (Å²) >= 11 is 3.28. The summed E-state index contributed by atoms with van der Waals surface area (Å²) in [6.07, 6.45) is 4.53. The Hall–Kier alpha value is -2.12. The molecule has 0 aliphatic rings. The summed E-state index contributed by atoms with van der Waals surface area (Å²) in [5, 5.41) is 5.72. The maximum Gasteiger partial charge on any atom is 0.251 e. The summed E-state index contributed by atoms with van der Waals surface area (Å²) in [5.41, 5.74) is 1.20. The number of anilines is 1. The molecule has 0 spiro atoms. The molecule has 0 aromatic heterocycles. The van der Waals surface area contributed by atoms with Crippen LogP contribution in [0.3, 0.4) is 0 Å². The second kappa shape index (κ2) is 10.9. The molecule has 0 bridgehead atoms. The number of carbonyl (C=O) groups is 2. The second-order valence-corrected chi connectivity index (χ2v) is 7.62. The molecule has 5 nitrogen and oxygen atoms in total. The first-order chi connectivity index (χ1) is 13.1. The first kappa shape index (κ1) is 21.2. The summed E-state index contributed by atoms with van der Waals surface area (Å²) in [4.78, 5) is 26.3. The molecule has 2 amide bonds. The van der Waals surface area contributed by atoms with Crippen molar-refractivity contribution in [2.45, 2.75) is 17.4 Å². The van der Waals surface area contributed by atoms with E-state index in [4.69, 9.17) is 4.74 Å². The maximum atomic E-state index is 12.7. The summed E-state index contributed by atoms with van der Waals surface area (Å²) in [6.45, 7) is 0. The quantitative estimate of drug-likeness (QED) is 0.620. The van der Waals surface area contributed by atoms with Gasteiger partial charge in [-0.15, -0.1) is 11.8 Å². The Balaban J connectivity index is 2.05. The van der Waals surface area contributed by atoms with Crippen LogP contribution in [-0.4, -0.2) is 43.2 Å². The third-order valence-corrected chi connectivity index (χ3v) is 5.33. The van der Waals surface area contributed by atoms with Crippen LogP contribution in [0.4, 0.5) is 5.69 Å². The van der Waals surface area contributed by atoms with E-state index < -0.39 is 6.04 Å². The van der Waals surface area contributed by atoms with Crippen LogP contribution in [0.5, 0.6) is 5.75 Å². The Bertz CT molecular complexity index is 749. The lowest BCUT2D eigenvalue weighted by molar-refractivity contribution is -0.118. The van der Waals surface area contributed by atoms with Gasteiger partial charge in [0.25, 0.3) is 5.91 Å². The van der Waals surface area contributed by atoms with Gasteiger partial charge in [-0.25, -0.2) is 0 Å². The molecule has 2 aromatic carbocycles. The van der Waals surface area contributed by atoms with Crippen LogP contribution in [0.1, 0.15) is 16.8 Å². The molecule has 27 heavy (non-hydrogen) atoms. The zero-order valence-corrected chi connectivity index (χ0v) is 17.3. The Morgan fingerprint density at radius 1 is 1.04 bits per heavy atom. The summed E-state index contributed by atoms with van der Waals surface area (Å²) in [5.74, 6) is 0.947. The lowest BCUT2D eigenvalue weighted by Crippen LogP contribution is -2.44. The van der Waals surface area contributed by atoms with E-state index in [9.17, 15) is 9.59 Å². The van der Waals surface area contributed by atoms with E-state index in [0.717, 1.165) is 10.6 Å². The number of rotatable bonds is 9. The predicted molar refractivity (Wildman–Crippen MR) is 114 cm³/mol. The van der Waals surface area contributed by atoms with Crippen LogP contribution in [0, 0.1) is 0 Å². The minimum Gasteiger partial charge on any atom is -0.497 e.